The van der Waals surface area contributed by atoms with Gasteiger partial charge in [0.15, 0.2) is 6.10 Å². The number of carbonyl (C=O) groups excluding carboxylic acids is 2. The van der Waals surface area contributed by atoms with E-state index >= 15 is 0 Å². The smallest absolute Gasteiger partial charge is 0.306 e. The first-order chi connectivity index (χ1) is 12.0. The molecule has 132 valence electrons. The first kappa shape index (κ1) is 18.8. The summed E-state index contributed by atoms with van der Waals surface area (Å²) in [6, 6.07) is 14.2. The number of esters is 1. The molecule has 5 nitrogen and oxygen atoms in total. The van der Waals surface area contributed by atoms with Gasteiger partial charge in [0, 0.05) is 17.1 Å². The summed E-state index contributed by atoms with van der Waals surface area (Å²) in [6.07, 6.45) is -0.141. The highest BCUT2D eigenvalue weighted by Gasteiger charge is 2.17. The van der Waals surface area contributed by atoms with Crippen molar-refractivity contribution in [2.45, 2.75) is 25.9 Å². The second kappa shape index (κ2) is 9.08. The van der Waals surface area contributed by atoms with Crippen LogP contribution in [-0.2, 0) is 20.7 Å². The Morgan fingerprint density at radius 1 is 1.08 bits per heavy atom. The van der Waals surface area contributed by atoms with Gasteiger partial charge in [-0.05, 0) is 55.3 Å². The molecule has 0 saturated heterocycles. The number of amides is 1. The van der Waals surface area contributed by atoms with Crippen LogP contribution >= 0.6 is 11.6 Å². The third-order valence-corrected chi connectivity index (χ3v) is 3.82. The zero-order chi connectivity index (χ0) is 18.2. The molecule has 0 aliphatic carbocycles. The van der Waals surface area contributed by atoms with Gasteiger partial charge in [-0.3, -0.25) is 9.59 Å². The van der Waals surface area contributed by atoms with E-state index < -0.39 is 12.1 Å². The zero-order valence-corrected chi connectivity index (χ0v) is 14.9. The SMILES string of the molecule is COc1ccc(CCC(=O)O[C@@H](C)C(=O)Nc2ccc(Cl)cc2)cc1. The predicted molar refractivity (Wildman–Crippen MR) is 97.0 cm³/mol. The zero-order valence-electron chi connectivity index (χ0n) is 14.1. The summed E-state index contributed by atoms with van der Waals surface area (Å²) in [4.78, 5) is 23.9. The highest BCUT2D eigenvalue weighted by molar-refractivity contribution is 6.30. The molecule has 0 aliphatic rings. The van der Waals surface area contributed by atoms with Crippen LogP contribution in [0.1, 0.15) is 18.9 Å². The third kappa shape index (κ3) is 6.12. The molecule has 6 heteroatoms. The second-order valence-electron chi connectivity index (χ2n) is 5.48. The maximum Gasteiger partial charge on any atom is 0.306 e. The lowest BCUT2D eigenvalue weighted by Crippen LogP contribution is -2.30. The van der Waals surface area contributed by atoms with Gasteiger partial charge in [-0.25, -0.2) is 0 Å². The van der Waals surface area contributed by atoms with E-state index in [1.165, 1.54) is 6.92 Å². The van der Waals surface area contributed by atoms with Crippen molar-refractivity contribution >= 4 is 29.2 Å². The fraction of sp³-hybridized carbons (Fsp3) is 0.263. The Balaban J connectivity index is 1.78. The number of carbonyl (C=O) groups is 2. The van der Waals surface area contributed by atoms with Crippen LogP contribution in [0.4, 0.5) is 5.69 Å². The molecule has 1 atom stereocenters. The monoisotopic (exact) mass is 361 g/mol. The summed E-state index contributed by atoms with van der Waals surface area (Å²) >= 11 is 5.79. The minimum absolute atomic E-state index is 0.199. The molecule has 1 amide bonds. The largest absolute Gasteiger partial charge is 0.497 e. The molecular formula is C19H20ClNO4. The standard InChI is InChI=1S/C19H20ClNO4/c1-13(19(23)21-16-8-6-15(20)7-9-16)25-18(22)12-5-14-3-10-17(24-2)11-4-14/h3-4,6-11,13H,5,12H2,1-2H3,(H,21,23)/t13-/m0/s1. The van der Waals surface area contributed by atoms with Crippen molar-refractivity contribution in [2.75, 3.05) is 12.4 Å². The fourth-order valence-electron chi connectivity index (χ4n) is 2.13. The highest BCUT2D eigenvalue weighted by atomic mass is 35.5. The van der Waals surface area contributed by atoms with Crippen LogP contribution in [0, 0.1) is 0 Å². The fourth-order valence-corrected chi connectivity index (χ4v) is 2.25. The number of benzene rings is 2. The first-order valence-electron chi connectivity index (χ1n) is 7.87. The molecule has 0 radical (unpaired) electrons. The first-order valence-corrected chi connectivity index (χ1v) is 8.24. The van der Waals surface area contributed by atoms with Crippen LogP contribution < -0.4 is 10.1 Å². The lowest BCUT2D eigenvalue weighted by atomic mass is 10.1. The predicted octanol–water partition coefficient (Wildman–Crippen LogP) is 3.85. The average molecular weight is 362 g/mol. The van der Waals surface area contributed by atoms with Crippen molar-refractivity contribution in [1.82, 2.24) is 0 Å². The number of aryl methyl sites for hydroxylation is 1. The second-order valence-corrected chi connectivity index (χ2v) is 5.91. The quantitative estimate of drug-likeness (QED) is 0.761. The molecule has 0 fully saturated rings. The Kier molecular flexibility index (Phi) is 6.83. The van der Waals surface area contributed by atoms with Gasteiger partial charge in [0.05, 0.1) is 7.11 Å². The van der Waals surface area contributed by atoms with Crippen molar-refractivity contribution < 1.29 is 19.1 Å². The third-order valence-electron chi connectivity index (χ3n) is 3.57. The number of anilines is 1. The summed E-state index contributed by atoms with van der Waals surface area (Å²) < 4.78 is 10.3. The maximum atomic E-state index is 12.0. The molecule has 0 bridgehead atoms. The van der Waals surface area contributed by atoms with Gasteiger partial charge < -0.3 is 14.8 Å². The Morgan fingerprint density at radius 2 is 1.72 bits per heavy atom. The normalized spacial score (nSPS) is 11.5. The van der Waals surface area contributed by atoms with Gasteiger partial charge in [-0.1, -0.05) is 23.7 Å². The summed E-state index contributed by atoms with van der Waals surface area (Å²) in [5.74, 6) is -0.0477. The van der Waals surface area contributed by atoms with E-state index in [9.17, 15) is 9.59 Å². The molecule has 0 spiro atoms. The number of methoxy groups -OCH3 is 1. The van der Waals surface area contributed by atoms with Crippen molar-refractivity contribution in [3.8, 4) is 5.75 Å². The average Bonchev–Trinajstić information content (AvgIpc) is 2.62. The van der Waals surface area contributed by atoms with E-state index in [1.54, 1.807) is 31.4 Å². The molecular weight excluding hydrogens is 342 g/mol. The summed E-state index contributed by atoms with van der Waals surface area (Å²) in [6.45, 7) is 1.54. The summed E-state index contributed by atoms with van der Waals surface area (Å²) in [5.41, 5.74) is 1.59. The van der Waals surface area contributed by atoms with Gasteiger partial charge in [-0.2, -0.15) is 0 Å². The molecule has 0 heterocycles. The molecule has 1 N–H and O–H groups in total. The van der Waals surface area contributed by atoms with Crippen LogP contribution in [0.5, 0.6) is 5.75 Å². The molecule has 2 aromatic carbocycles. The van der Waals surface area contributed by atoms with Gasteiger partial charge in [0.2, 0.25) is 0 Å². The van der Waals surface area contributed by atoms with E-state index in [0.29, 0.717) is 17.1 Å². The Morgan fingerprint density at radius 3 is 2.32 bits per heavy atom. The molecule has 2 rings (SSSR count). The molecule has 0 unspecified atom stereocenters. The summed E-state index contributed by atoms with van der Waals surface area (Å²) in [5, 5.41) is 3.25. The van der Waals surface area contributed by atoms with Crippen molar-refractivity contribution in [2.24, 2.45) is 0 Å². The molecule has 0 aliphatic heterocycles. The Hall–Kier alpha value is -2.53. The Bertz CT molecular complexity index is 713. The van der Waals surface area contributed by atoms with E-state index in [1.807, 2.05) is 24.3 Å². The van der Waals surface area contributed by atoms with Crippen LogP contribution in [0.2, 0.25) is 5.02 Å². The molecule has 0 aromatic heterocycles. The van der Waals surface area contributed by atoms with Crippen LogP contribution in [0.3, 0.4) is 0 Å². The number of halogens is 1. The molecule has 25 heavy (non-hydrogen) atoms. The van der Waals surface area contributed by atoms with Gasteiger partial charge in [-0.15, -0.1) is 0 Å². The lowest BCUT2D eigenvalue weighted by Gasteiger charge is -2.13. The maximum absolute atomic E-state index is 12.0. The van der Waals surface area contributed by atoms with E-state index in [-0.39, 0.29) is 12.3 Å². The van der Waals surface area contributed by atoms with E-state index in [2.05, 4.69) is 5.32 Å². The topological polar surface area (TPSA) is 64.6 Å². The van der Waals surface area contributed by atoms with Crippen molar-refractivity contribution in [1.29, 1.82) is 0 Å². The van der Waals surface area contributed by atoms with Gasteiger partial charge in [0.25, 0.3) is 5.91 Å². The van der Waals surface area contributed by atoms with Crippen LogP contribution in [-0.4, -0.2) is 25.1 Å². The number of rotatable bonds is 7. The minimum atomic E-state index is -0.876. The Labute approximate surface area is 151 Å². The number of ether oxygens (including phenoxy) is 2. The van der Waals surface area contributed by atoms with Crippen molar-refractivity contribution in [3.05, 3.63) is 59.1 Å². The van der Waals surface area contributed by atoms with Crippen LogP contribution in [0.15, 0.2) is 48.5 Å². The number of hydrogen-bond acceptors (Lipinski definition) is 4. The molecule has 0 saturated carbocycles. The highest BCUT2D eigenvalue weighted by Crippen LogP contribution is 2.15. The lowest BCUT2D eigenvalue weighted by molar-refractivity contribution is -0.153. The van der Waals surface area contributed by atoms with Crippen molar-refractivity contribution in [3.63, 3.8) is 0 Å². The number of nitrogens with one attached hydrogen (secondary N) is 1. The number of hydrogen-bond donors (Lipinski definition) is 1. The van der Waals surface area contributed by atoms with Gasteiger partial charge in [0.1, 0.15) is 5.75 Å². The summed E-state index contributed by atoms with van der Waals surface area (Å²) in [7, 11) is 1.60. The van der Waals surface area contributed by atoms with E-state index in [4.69, 9.17) is 21.1 Å². The van der Waals surface area contributed by atoms with Crippen LogP contribution in [0.25, 0.3) is 0 Å². The van der Waals surface area contributed by atoms with E-state index in [0.717, 1.165) is 11.3 Å². The minimum Gasteiger partial charge on any atom is -0.497 e. The molecule has 2 aromatic rings. The van der Waals surface area contributed by atoms with Gasteiger partial charge >= 0.3 is 5.97 Å².